The summed E-state index contributed by atoms with van der Waals surface area (Å²) in [6.07, 6.45) is 0. The van der Waals surface area contributed by atoms with Crippen molar-refractivity contribution in [2.75, 3.05) is 39.3 Å². The van der Waals surface area contributed by atoms with Crippen molar-refractivity contribution in [1.82, 2.24) is 4.90 Å². The number of nitrogens with zero attached hydrogens (tertiary/aromatic N) is 4. The molecule has 10 rings (SSSR count). The second-order valence-corrected chi connectivity index (χ2v) is 42.7. The van der Waals surface area contributed by atoms with E-state index >= 15 is 0 Å². The van der Waals surface area contributed by atoms with Gasteiger partial charge in [-0.05, 0) is 318 Å². The van der Waals surface area contributed by atoms with E-state index in [4.69, 9.17) is 16.0 Å². The molecule has 0 saturated heterocycles. The number of hydrogen-bond acceptors (Lipinski definition) is 1. The van der Waals surface area contributed by atoms with Crippen molar-refractivity contribution in [3.63, 3.8) is 0 Å². The van der Waals surface area contributed by atoms with Crippen molar-refractivity contribution < 1.29 is 21.1 Å². The predicted molar refractivity (Wildman–Crippen MR) is 568 cm³/mol. The topological polar surface area (TPSA) is 45.5 Å². The summed E-state index contributed by atoms with van der Waals surface area (Å²) in [5, 5.41) is 17.6. The molecule has 0 N–H and O–H groups in total. The molecule has 689 valence electrons. The maximum atomic E-state index is 5.87. The number of hydrogen-bond donors (Lipinski definition) is 0. The summed E-state index contributed by atoms with van der Waals surface area (Å²) in [7, 11) is 0. The molecule has 0 fully saturated rings. The Morgan fingerprint density at radius 2 is 0.344 bits per heavy atom. The molecule has 0 amide bonds. The van der Waals surface area contributed by atoms with Gasteiger partial charge in [0.05, 0.1) is 0 Å². The molecule has 5 heteroatoms. The van der Waals surface area contributed by atoms with Gasteiger partial charge in [0.25, 0.3) is 0 Å². The Labute approximate surface area is 798 Å². The van der Waals surface area contributed by atoms with Crippen LogP contribution in [0.3, 0.4) is 0 Å². The van der Waals surface area contributed by atoms with Gasteiger partial charge in [0, 0.05) is 0 Å². The first-order valence-corrected chi connectivity index (χ1v) is 49.6. The average molecular weight is 1800 g/mol. The summed E-state index contributed by atoms with van der Waals surface area (Å²) in [5.74, 6) is 6.31. The van der Waals surface area contributed by atoms with E-state index in [1.54, 1.807) is 0 Å². The van der Waals surface area contributed by atoms with Gasteiger partial charge in [0.1, 0.15) is 0 Å². The summed E-state index contributed by atoms with van der Waals surface area (Å²) >= 11 is 0. The number of aryl methyl sites for hydroxylation is 1. The molecule has 0 saturated carbocycles. The molecular weight excluding hydrogens is 1630 g/mol. The Balaban J connectivity index is 0.00000212. The van der Waals surface area contributed by atoms with Crippen LogP contribution >= 0.6 is 0 Å². The first kappa shape index (κ1) is 107. The summed E-state index contributed by atoms with van der Waals surface area (Å²) in [6, 6.07) is 62.8. The van der Waals surface area contributed by atoms with Crippen LogP contribution in [0, 0.1) is 6.92 Å². The monoisotopic (exact) mass is 1800 g/mol. The third-order valence-electron chi connectivity index (χ3n) is 26.4. The summed E-state index contributed by atoms with van der Waals surface area (Å²) < 4.78 is 0. The first-order chi connectivity index (χ1) is 59.8. The normalized spacial score (nSPS) is 12.1. The molecule has 0 spiro atoms. The van der Waals surface area contributed by atoms with E-state index in [0.717, 1.165) is 36.7 Å². The minimum absolute atomic E-state index is 0. The molecule has 0 heterocycles. The van der Waals surface area contributed by atoms with Crippen LogP contribution in [-0.2, 0) is 21.1 Å². The molecule has 4 nitrogen and oxygen atoms in total. The van der Waals surface area contributed by atoms with E-state index in [1.165, 1.54) is 172 Å². The SMILES string of the molecule is C=C.CC(C)c1cc(C(C)C)c(-c2cc([N-]CCN(CC[N-]c3cc(-c4c(C(C)C)cc(C(C)C)cc4C(C)C)cc(-c4c(C(C)C)cc(C(C)C)cc4C(C)C)c3)CC[N-]c3cc(-c4c(C(C)C)cc(C(C)C)cc4C(C)C)cc(-c4c(C(C)C)cc(C(C)C)cc4C(C)C)c3)cc(-c3c(C(C)C)cc(C(C)C)cc3C(C)C)c2)c(C(C)C)c1.Cc1ccccc1.[Mo+3]. The molecule has 0 aliphatic rings. The molecule has 0 aromatic heterocycles. The van der Waals surface area contributed by atoms with E-state index in [-0.39, 0.29) is 21.1 Å². The molecule has 0 aliphatic carbocycles. The molecule has 0 atom stereocenters. The van der Waals surface area contributed by atoms with Crippen molar-refractivity contribution in [1.29, 1.82) is 0 Å². The maximum Gasteiger partial charge on any atom is 3.00 e. The van der Waals surface area contributed by atoms with Crippen LogP contribution < -0.4 is 0 Å². The molecule has 128 heavy (non-hydrogen) atoms. The van der Waals surface area contributed by atoms with Crippen LogP contribution in [0.25, 0.3) is 82.7 Å². The Kier molecular flexibility index (Phi) is 40.0. The van der Waals surface area contributed by atoms with Gasteiger partial charge in [-0.3, -0.25) is 0 Å². The van der Waals surface area contributed by atoms with Crippen molar-refractivity contribution in [3.8, 4) is 66.8 Å². The van der Waals surface area contributed by atoms with Crippen LogP contribution in [0.1, 0.15) is 461 Å². The maximum absolute atomic E-state index is 5.87. The largest absolute Gasteiger partial charge is 3.00 e. The van der Waals surface area contributed by atoms with E-state index in [9.17, 15) is 0 Å². The fourth-order valence-electron chi connectivity index (χ4n) is 18.5. The van der Waals surface area contributed by atoms with Crippen molar-refractivity contribution in [2.45, 2.75) is 363 Å². The van der Waals surface area contributed by atoms with Crippen LogP contribution in [0.15, 0.2) is 171 Å². The quantitative estimate of drug-likeness (QED) is 0.0285. The molecule has 0 bridgehead atoms. The van der Waals surface area contributed by atoms with Crippen LogP contribution in [0.2, 0.25) is 0 Å². The molecule has 10 aromatic carbocycles. The standard InChI is InChI=1S/C114H159N4.C7H8.C2H4.Mo/c1-64(2)82-52-97(70(13)14)109(98(53-82)71(15)16)88-43-89(110-99(72(17)18)54-83(65(3)4)55-100(110)73(19)20)47-94(46-88)115-37-40-118(41-38-116-95-48-90(111-101(74(21)22)56-84(66(5)6)57-102(111)75(23)24)44-91(49-95)112-103(76(25)26)58-85(67(7)8)59-104(112)77(27)28)42-39-117-96-50-92(113-105(78(29)30)60-86(68(9)10)61-106(113)79(31)32)45-93(51-96)114-107(80(33)34)62-87(69(11)12)63-108(114)81(35)36;1-7-5-3-2-4-6-7;1-2;/h43-81H,37-42H2,1-36H3;2-6H,1H3;1-2H2;/q-3;;;+3. The third kappa shape index (κ3) is 26.7. The van der Waals surface area contributed by atoms with Crippen LogP contribution in [0.4, 0.5) is 17.1 Å². The van der Waals surface area contributed by atoms with Gasteiger partial charge in [-0.1, -0.05) is 394 Å². The zero-order valence-electron chi connectivity index (χ0n) is 87.3. The van der Waals surface area contributed by atoms with Gasteiger partial charge in [0.15, 0.2) is 0 Å². The van der Waals surface area contributed by atoms with Gasteiger partial charge in [-0.25, -0.2) is 0 Å². The fraction of sp³-hybridized carbons (Fsp3) is 0.496. The second-order valence-electron chi connectivity index (χ2n) is 42.7. The Morgan fingerprint density at radius 1 is 0.203 bits per heavy atom. The van der Waals surface area contributed by atoms with E-state index in [0.29, 0.717) is 126 Å². The van der Waals surface area contributed by atoms with E-state index < -0.39 is 0 Å². The average Bonchev–Trinajstić information content (AvgIpc) is 0.763. The van der Waals surface area contributed by atoms with Gasteiger partial charge >= 0.3 is 21.1 Å². The van der Waals surface area contributed by atoms with Gasteiger partial charge < -0.3 is 20.9 Å². The van der Waals surface area contributed by atoms with Gasteiger partial charge in [0.2, 0.25) is 0 Å². The predicted octanol–water partition coefficient (Wildman–Crippen LogP) is 39.4. The van der Waals surface area contributed by atoms with E-state index in [1.807, 2.05) is 18.2 Å². The van der Waals surface area contributed by atoms with E-state index in [2.05, 4.69) is 414 Å². The fourth-order valence-corrected chi connectivity index (χ4v) is 18.5. The summed E-state index contributed by atoms with van der Waals surface area (Å²) in [4.78, 5) is 2.64. The van der Waals surface area contributed by atoms with Gasteiger partial charge in [-0.2, -0.15) is 0 Å². The van der Waals surface area contributed by atoms with Crippen LogP contribution in [0.5, 0.6) is 0 Å². The first-order valence-electron chi connectivity index (χ1n) is 49.6. The number of benzene rings is 10. The minimum Gasteiger partial charge on any atom is -0.683 e. The van der Waals surface area contributed by atoms with Gasteiger partial charge in [-0.15, -0.1) is 49.9 Å². The Morgan fingerprint density at radius 3 is 0.453 bits per heavy atom. The minimum atomic E-state index is 0. The summed E-state index contributed by atoms with van der Waals surface area (Å²) in [6.45, 7) is 97.6. The van der Waals surface area contributed by atoms with Crippen molar-refractivity contribution in [3.05, 3.63) is 293 Å². The second kappa shape index (κ2) is 47.9. The Hall–Kier alpha value is -8.01. The molecule has 0 aliphatic heterocycles. The van der Waals surface area contributed by atoms with Crippen molar-refractivity contribution >= 4 is 17.1 Å². The third-order valence-corrected chi connectivity index (χ3v) is 26.4. The zero-order chi connectivity index (χ0) is 94.3. The molecular formula is C123H171MoN4. The smallest absolute Gasteiger partial charge is 0.683 e. The number of rotatable bonds is 36. The summed E-state index contributed by atoms with van der Waals surface area (Å²) in [5.41, 5.74) is 45.7. The molecule has 10 aromatic rings. The van der Waals surface area contributed by atoms with Crippen molar-refractivity contribution in [2.24, 2.45) is 0 Å². The van der Waals surface area contributed by atoms with Crippen LogP contribution in [-0.4, -0.2) is 44.2 Å². The molecule has 0 unspecified atom stereocenters. The molecule has 1 radical (unpaired) electrons. The Bertz CT molecular complexity index is 4310. The zero-order valence-corrected chi connectivity index (χ0v) is 89.3.